The van der Waals surface area contributed by atoms with Gasteiger partial charge in [0.1, 0.15) is 0 Å². The highest BCUT2D eigenvalue weighted by Crippen LogP contribution is 2.28. The van der Waals surface area contributed by atoms with E-state index in [2.05, 4.69) is 10.9 Å². The van der Waals surface area contributed by atoms with Gasteiger partial charge in [-0.3, -0.25) is 4.98 Å². The van der Waals surface area contributed by atoms with Crippen molar-refractivity contribution < 1.29 is 0 Å². The first-order valence-corrected chi connectivity index (χ1v) is 5.60. The van der Waals surface area contributed by atoms with E-state index >= 15 is 0 Å². The monoisotopic (exact) mass is 225 g/mol. The Balaban J connectivity index is 2.43. The van der Waals surface area contributed by atoms with Crippen molar-refractivity contribution in [3.8, 4) is 12.3 Å². The number of benzene rings is 1. The molecule has 3 nitrogen and oxygen atoms in total. The number of terminal acetylenes is 1. The Bertz CT molecular complexity index is 582. The fourth-order valence-corrected chi connectivity index (χ4v) is 1.85. The van der Waals surface area contributed by atoms with Crippen LogP contribution in [0.5, 0.6) is 0 Å². The second kappa shape index (κ2) is 4.75. The van der Waals surface area contributed by atoms with Crippen molar-refractivity contribution in [2.45, 2.75) is 19.3 Å². The number of nitrogen functional groups attached to an aromatic ring is 2. The molecule has 0 aliphatic rings. The predicted octanol–water partition coefficient (Wildman–Crippen LogP) is 2.36. The van der Waals surface area contributed by atoms with Gasteiger partial charge < -0.3 is 11.5 Å². The molecule has 0 bridgehead atoms. The summed E-state index contributed by atoms with van der Waals surface area (Å²) in [6.45, 7) is 0. The molecule has 0 aliphatic carbocycles. The molecule has 1 aromatic heterocycles. The van der Waals surface area contributed by atoms with Gasteiger partial charge in [0.2, 0.25) is 0 Å². The molecule has 4 N–H and O–H groups in total. The molecule has 0 fully saturated rings. The molecule has 0 aliphatic heterocycles. The number of aryl methyl sites for hydroxylation is 1. The van der Waals surface area contributed by atoms with Crippen LogP contribution in [0.1, 0.15) is 18.5 Å². The highest BCUT2D eigenvalue weighted by Gasteiger charge is 2.09. The zero-order chi connectivity index (χ0) is 12.3. The number of nitrogens with zero attached hydrogens (tertiary/aromatic N) is 1. The topological polar surface area (TPSA) is 64.9 Å². The van der Waals surface area contributed by atoms with Crippen LogP contribution in [0.25, 0.3) is 10.9 Å². The molecule has 0 saturated heterocycles. The van der Waals surface area contributed by atoms with Gasteiger partial charge in [0, 0.05) is 11.8 Å². The van der Waals surface area contributed by atoms with E-state index in [-0.39, 0.29) is 0 Å². The molecule has 2 aromatic rings. The van der Waals surface area contributed by atoms with E-state index in [4.69, 9.17) is 17.9 Å². The summed E-state index contributed by atoms with van der Waals surface area (Å²) in [6.07, 6.45) is 7.60. The number of para-hydroxylation sites is 1. The Morgan fingerprint density at radius 3 is 2.71 bits per heavy atom. The third-order valence-corrected chi connectivity index (χ3v) is 2.79. The first-order valence-electron chi connectivity index (χ1n) is 5.60. The summed E-state index contributed by atoms with van der Waals surface area (Å²) in [5, 5.41) is 0.908. The molecule has 0 unspecified atom stereocenters. The zero-order valence-electron chi connectivity index (χ0n) is 9.61. The summed E-state index contributed by atoms with van der Waals surface area (Å²) in [5.74, 6) is 2.61. The first kappa shape index (κ1) is 11.3. The van der Waals surface area contributed by atoms with Crippen molar-refractivity contribution in [1.82, 2.24) is 4.98 Å². The van der Waals surface area contributed by atoms with E-state index in [1.807, 2.05) is 24.3 Å². The number of hydrogen-bond acceptors (Lipinski definition) is 3. The van der Waals surface area contributed by atoms with Crippen molar-refractivity contribution in [3.63, 3.8) is 0 Å². The molecule has 1 heterocycles. The van der Waals surface area contributed by atoms with Gasteiger partial charge >= 0.3 is 0 Å². The molecule has 0 atom stereocenters. The Kier molecular flexibility index (Phi) is 3.15. The molecule has 2 rings (SSSR count). The fourth-order valence-electron chi connectivity index (χ4n) is 1.85. The predicted molar refractivity (Wildman–Crippen MR) is 72.3 cm³/mol. The Morgan fingerprint density at radius 1 is 1.18 bits per heavy atom. The average molecular weight is 225 g/mol. The third-order valence-electron chi connectivity index (χ3n) is 2.79. The molecule has 0 amide bonds. The molecule has 0 spiro atoms. The van der Waals surface area contributed by atoms with Gasteiger partial charge in [-0.05, 0) is 18.9 Å². The molecular weight excluding hydrogens is 210 g/mol. The van der Waals surface area contributed by atoms with Crippen molar-refractivity contribution in [2.75, 3.05) is 11.5 Å². The maximum absolute atomic E-state index is 6.02. The van der Waals surface area contributed by atoms with Gasteiger partial charge in [0.05, 0.1) is 22.6 Å². The summed E-state index contributed by atoms with van der Waals surface area (Å²) in [4.78, 5) is 4.53. The van der Waals surface area contributed by atoms with Crippen LogP contribution in [0.15, 0.2) is 24.3 Å². The third kappa shape index (κ3) is 2.16. The Labute approximate surface area is 101 Å². The van der Waals surface area contributed by atoms with Gasteiger partial charge in [0.25, 0.3) is 0 Å². The zero-order valence-corrected chi connectivity index (χ0v) is 9.61. The lowest BCUT2D eigenvalue weighted by molar-refractivity contribution is 0.838. The summed E-state index contributed by atoms with van der Waals surface area (Å²) in [5.41, 5.74) is 14.9. The van der Waals surface area contributed by atoms with E-state index in [1.165, 1.54) is 0 Å². The van der Waals surface area contributed by atoms with Crippen LogP contribution in [0, 0.1) is 12.3 Å². The molecule has 17 heavy (non-hydrogen) atoms. The lowest BCUT2D eigenvalue weighted by Crippen LogP contribution is -2.04. The largest absolute Gasteiger partial charge is 0.396 e. The van der Waals surface area contributed by atoms with Crippen molar-refractivity contribution in [2.24, 2.45) is 0 Å². The number of pyridine rings is 1. The van der Waals surface area contributed by atoms with Gasteiger partial charge in [0.15, 0.2) is 0 Å². The highest BCUT2D eigenvalue weighted by molar-refractivity contribution is 5.96. The van der Waals surface area contributed by atoms with Crippen molar-refractivity contribution >= 4 is 22.3 Å². The SMILES string of the molecule is C#CCCCc1nc2ccccc2c(N)c1N. The minimum Gasteiger partial charge on any atom is -0.396 e. The van der Waals surface area contributed by atoms with E-state index in [1.54, 1.807) is 0 Å². The minimum atomic E-state index is 0.584. The normalized spacial score (nSPS) is 10.3. The van der Waals surface area contributed by atoms with Crippen LogP contribution in [0.3, 0.4) is 0 Å². The smallest absolute Gasteiger partial charge is 0.0773 e. The summed E-state index contributed by atoms with van der Waals surface area (Å²) in [6, 6.07) is 7.74. The Morgan fingerprint density at radius 2 is 1.94 bits per heavy atom. The molecule has 86 valence electrons. The minimum absolute atomic E-state index is 0.584. The molecule has 0 radical (unpaired) electrons. The number of hydrogen-bond donors (Lipinski definition) is 2. The number of anilines is 2. The van der Waals surface area contributed by atoms with Crippen LogP contribution in [0.4, 0.5) is 11.4 Å². The summed E-state index contributed by atoms with van der Waals surface area (Å²) < 4.78 is 0. The quantitative estimate of drug-likeness (QED) is 0.622. The number of unbranched alkanes of at least 4 members (excludes halogenated alkanes) is 1. The fraction of sp³-hybridized carbons (Fsp3) is 0.214. The molecule has 1 aromatic carbocycles. The maximum atomic E-state index is 6.02. The standard InChI is InChI=1S/C14H15N3/c1-2-3-4-9-12-14(16)13(15)10-7-5-6-8-11(10)17-12/h1,5-8H,3-4,9,16H2,(H2,15,17). The lowest BCUT2D eigenvalue weighted by atomic mass is 10.1. The van der Waals surface area contributed by atoms with Crippen LogP contribution in [-0.2, 0) is 6.42 Å². The second-order valence-electron chi connectivity index (χ2n) is 3.96. The second-order valence-corrected chi connectivity index (χ2v) is 3.96. The lowest BCUT2D eigenvalue weighted by Gasteiger charge is -2.10. The number of fused-ring (bicyclic) bond motifs is 1. The number of aromatic nitrogens is 1. The van der Waals surface area contributed by atoms with E-state index in [0.717, 1.165) is 35.9 Å². The maximum Gasteiger partial charge on any atom is 0.0773 e. The molecule has 3 heteroatoms. The van der Waals surface area contributed by atoms with E-state index < -0.39 is 0 Å². The van der Waals surface area contributed by atoms with Gasteiger partial charge in [-0.2, -0.15) is 0 Å². The first-order chi connectivity index (χ1) is 8.24. The van der Waals surface area contributed by atoms with E-state index in [9.17, 15) is 0 Å². The van der Waals surface area contributed by atoms with Crippen LogP contribution < -0.4 is 11.5 Å². The van der Waals surface area contributed by atoms with Crippen molar-refractivity contribution in [3.05, 3.63) is 30.0 Å². The van der Waals surface area contributed by atoms with Crippen LogP contribution >= 0.6 is 0 Å². The average Bonchev–Trinajstić information content (AvgIpc) is 2.35. The van der Waals surface area contributed by atoms with Crippen LogP contribution in [-0.4, -0.2) is 4.98 Å². The number of rotatable bonds is 3. The molecular formula is C14H15N3. The summed E-state index contributed by atoms with van der Waals surface area (Å²) >= 11 is 0. The van der Waals surface area contributed by atoms with Gasteiger partial charge in [-0.15, -0.1) is 12.3 Å². The highest BCUT2D eigenvalue weighted by atomic mass is 14.8. The summed E-state index contributed by atoms with van der Waals surface area (Å²) in [7, 11) is 0. The Hall–Kier alpha value is -2.21. The van der Waals surface area contributed by atoms with Crippen molar-refractivity contribution in [1.29, 1.82) is 0 Å². The molecule has 0 saturated carbocycles. The van der Waals surface area contributed by atoms with Gasteiger partial charge in [-0.25, -0.2) is 0 Å². The van der Waals surface area contributed by atoms with Gasteiger partial charge in [-0.1, -0.05) is 18.2 Å². The number of nitrogens with two attached hydrogens (primary N) is 2. The van der Waals surface area contributed by atoms with Crippen LogP contribution in [0.2, 0.25) is 0 Å². The van der Waals surface area contributed by atoms with E-state index in [0.29, 0.717) is 11.4 Å².